The molecule has 1 aromatic rings. The van der Waals surface area contributed by atoms with E-state index in [0.717, 1.165) is 17.7 Å². The number of hydrogen-bond donors (Lipinski definition) is 0. The molecule has 0 N–H and O–H groups in total. The van der Waals surface area contributed by atoms with Gasteiger partial charge in [0, 0.05) is 24.1 Å². The van der Waals surface area contributed by atoms with Crippen LogP contribution in [0.4, 0.5) is 5.69 Å². The van der Waals surface area contributed by atoms with Gasteiger partial charge in [0.25, 0.3) is 0 Å². The molecule has 0 saturated heterocycles. The summed E-state index contributed by atoms with van der Waals surface area (Å²) in [7, 11) is 0. The number of carbonyl (C=O) groups excluding carboxylic acids is 1. The van der Waals surface area contributed by atoms with Crippen LogP contribution in [-0.2, 0) is 22.3 Å². The summed E-state index contributed by atoms with van der Waals surface area (Å²) in [5, 5.41) is 0. The number of fused-ring (bicyclic) bond motifs is 1. The Morgan fingerprint density at radius 1 is 1.50 bits per heavy atom. The van der Waals surface area contributed by atoms with Crippen molar-refractivity contribution in [2.24, 2.45) is 0 Å². The van der Waals surface area contributed by atoms with Crippen LogP contribution in [0.15, 0.2) is 23.1 Å². The Bertz CT molecular complexity index is 450. The Morgan fingerprint density at radius 3 is 2.75 bits per heavy atom. The fourth-order valence-electron chi connectivity index (χ4n) is 1.81. The average Bonchev–Trinajstić information content (AvgIpc) is 2.59. The molecule has 1 amide bonds. The zero-order chi connectivity index (χ0) is 11.0. The van der Waals surface area contributed by atoms with E-state index in [2.05, 4.69) is 0 Å². The topological polar surface area (TPSA) is 60.4 Å². The summed E-state index contributed by atoms with van der Waals surface area (Å²) in [6.07, 6.45) is 0.722. The van der Waals surface area contributed by atoms with Crippen LogP contribution in [0.5, 0.6) is 0 Å². The van der Waals surface area contributed by atoms with E-state index in [1.165, 1.54) is 13.0 Å². The molecule has 2 rings (SSSR count). The molecular formula is C10H10NNaO3S. The Kier molecular flexibility index (Phi) is 4.70. The summed E-state index contributed by atoms with van der Waals surface area (Å²) in [6.45, 7) is 2.15. The maximum Gasteiger partial charge on any atom is 1.00 e. The van der Waals surface area contributed by atoms with Gasteiger partial charge in [-0.25, -0.2) is 0 Å². The quantitative estimate of drug-likeness (QED) is 0.419. The second-order valence-corrected chi connectivity index (χ2v) is 4.39. The Morgan fingerprint density at radius 2 is 2.19 bits per heavy atom. The molecular weight excluding hydrogens is 237 g/mol. The minimum absolute atomic E-state index is 0. The SMILES string of the molecule is CC(=O)N1CCc2cc(S(=O)[O-])ccc21.[Na+]. The van der Waals surface area contributed by atoms with Gasteiger partial charge in [0.15, 0.2) is 0 Å². The standard InChI is InChI=1S/C10H11NO3S.Na/c1-7(12)11-5-4-8-6-9(15(13)14)2-3-10(8)11;/h2-3,6H,4-5H2,1H3,(H,13,14);/q;+1/p-1. The molecule has 16 heavy (non-hydrogen) atoms. The van der Waals surface area contributed by atoms with E-state index in [0.29, 0.717) is 6.54 Å². The van der Waals surface area contributed by atoms with Crippen molar-refractivity contribution < 1.29 is 43.1 Å². The summed E-state index contributed by atoms with van der Waals surface area (Å²) >= 11 is -2.20. The molecule has 4 nitrogen and oxygen atoms in total. The summed E-state index contributed by atoms with van der Waals surface area (Å²) in [4.78, 5) is 13.2. The molecule has 0 aliphatic carbocycles. The third-order valence-electron chi connectivity index (χ3n) is 2.52. The van der Waals surface area contributed by atoms with Gasteiger partial charge in [-0.3, -0.25) is 9.00 Å². The molecule has 1 aliphatic rings. The van der Waals surface area contributed by atoms with Crippen LogP contribution in [0.2, 0.25) is 0 Å². The van der Waals surface area contributed by atoms with Crippen molar-refractivity contribution in [3.63, 3.8) is 0 Å². The first-order valence-electron chi connectivity index (χ1n) is 4.60. The fraction of sp³-hybridized carbons (Fsp3) is 0.300. The molecule has 1 atom stereocenters. The molecule has 0 bridgehead atoms. The van der Waals surface area contributed by atoms with Crippen LogP contribution in [0, 0.1) is 0 Å². The summed E-state index contributed by atoms with van der Waals surface area (Å²) in [5.41, 5.74) is 1.75. The Balaban J connectivity index is 0.00000128. The fourth-order valence-corrected chi connectivity index (χ4v) is 2.23. The maximum atomic E-state index is 11.2. The van der Waals surface area contributed by atoms with Crippen molar-refractivity contribution >= 4 is 22.7 Å². The Hall–Kier alpha value is -0.200. The smallest absolute Gasteiger partial charge is 0.768 e. The molecule has 6 heteroatoms. The largest absolute Gasteiger partial charge is 1.00 e. The molecule has 80 valence electrons. The van der Waals surface area contributed by atoms with Gasteiger partial charge in [0.05, 0.1) is 0 Å². The third kappa shape index (κ3) is 2.55. The van der Waals surface area contributed by atoms with Gasteiger partial charge >= 0.3 is 29.6 Å². The van der Waals surface area contributed by atoms with Crippen LogP contribution in [0.1, 0.15) is 12.5 Å². The van der Waals surface area contributed by atoms with E-state index in [1.54, 1.807) is 17.0 Å². The number of amides is 1. The van der Waals surface area contributed by atoms with Gasteiger partial charge in [-0.15, -0.1) is 0 Å². The van der Waals surface area contributed by atoms with Crippen LogP contribution in [0.25, 0.3) is 0 Å². The van der Waals surface area contributed by atoms with Crippen molar-refractivity contribution in [1.29, 1.82) is 0 Å². The molecule has 0 radical (unpaired) electrons. The minimum Gasteiger partial charge on any atom is -0.768 e. The maximum absolute atomic E-state index is 11.2. The van der Waals surface area contributed by atoms with E-state index >= 15 is 0 Å². The van der Waals surface area contributed by atoms with Crippen LogP contribution in [-0.4, -0.2) is 21.2 Å². The zero-order valence-corrected chi connectivity index (χ0v) is 12.0. The van der Waals surface area contributed by atoms with Crippen LogP contribution >= 0.6 is 0 Å². The van der Waals surface area contributed by atoms with Crippen molar-refractivity contribution in [1.82, 2.24) is 0 Å². The number of anilines is 1. The molecule has 1 unspecified atom stereocenters. The van der Waals surface area contributed by atoms with Gasteiger partial charge in [0.2, 0.25) is 5.91 Å². The summed E-state index contributed by atoms with van der Waals surface area (Å²) in [6, 6.07) is 4.83. The normalized spacial score (nSPS) is 15.2. The first-order valence-corrected chi connectivity index (χ1v) is 5.67. The first kappa shape index (κ1) is 13.9. The van der Waals surface area contributed by atoms with E-state index in [-0.39, 0.29) is 40.4 Å². The molecule has 1 aliphatic heterocycles. The van der Waals surface area contributed by atoms with Gasteiger partial charge in [0.1, 0.15) is 0 Å². The van der Waals surface area contributed by atoms with Crippen molar-refractivity contribution in [3.8, 4) is 0 Å². The molecule has 1 heterocycles. The first-order chi connectivity index (χ1) is 7.09. The summed E-state index contributed by atoms with van der Waals surface area (Å²) in [5.74, 6) is -0.00949. The molecule has 0 fully saturated rings. The second kappa shape index (κ2) is 5.42. The number of nitrogens with zero attached hydrogens (tertiary/aromatic N) is 1. The van der Waals surface area contributed by atoms with Gasteiger partial charge in [-0.2, -0.15) is 0 Å². The van der Waals surface area contributed by atoms with Gasteiger partial charge < -0.3 is 9.45 Å². The number of benzene rings is 1. The summed E-state index contributed by atoms with van der Waals surface area (Å²) < 4.78 is 21.5. The number of carbonyl (C=O) groups is 1. The Labute approximate surface area is 119 Å². The van der Waals surface area contributed by atoms with E-state index in [4.69, 9.17) is 0 Å². The van der Waals surface area contributed by atoms with Crippen LogP contribution < -0.4 is 34.5 Å². The molecule has 1 aromatic carbocycles. The number of rotatable bonds is 1. The van der Waals surface area contributed by atoms with Crippen LogP contribution in [0.3, 0.4) is 0 Å². The second-order valence-electron chi connectivity index (χ2n) is 3.45. The minimum atomic E-state index is -2.20. The van der Waals surface area contributed by atoms with Crippen molar-refractivity contribution in [2.45, 2.75) is 18.2 Å². The van der Waals surface area contributed by atoms with E-state index in [9.17, 15) is 13.6 Å². The molecule has 0 spiro atoms. The average molecular weight is 247 g/mol. The zero-order valence-electron chi connectivity index (χ0n) is 9.23. The number of hydrogen-bond acceptors (Lipinski definition) is 3. The van der Waals surface area contributed by atoms with Crippen molar-refractivity contribution in [3.05, 3.63) is 23.8 Å². The van der Waals surface area contributed by atoms with E-state index in [1.807, 2.05) is 0 Å². The monoisotopic (exact) mass is 247 g/mol. The third-order valence-corrected chi connectivity index (χ3v) is 3.16. The van der Waals surface area contributed by atoms with Crippen molar-refractivity contribution in [2.75, 3.05) is 11.4 Å². The van der Waals surface area contributed by atoms with Gasteiger partial charge in [-0.1, -0.05) is 0 Å². The van der Waals surface area contributed by atoms with E-state index < -0.39 is 11.1 Å². The van der Waals surface area contributed by atoms with Gasteiger partial charge in [-0.05, 0) is 41.3 Å². The molecule has 0 aromatic heterocycles. The predicted octanol–water partition coefficient (Wildman–Crippen LogP) is -2.16. The molecule has 0 saturated carbocycles. The predicted molar refractivity (Wildman–Crippen MR) is 55.4 cm³/mol.